The molecule has 1 aromatic heterocycles. The molecule has 0 radical (unpaired) electrons. The van der Waals surface area contributed by atoms with E-state index in [1.807, 2.05) is 24.3 Å². The standard InChI is InChI=1S/C21H29ClN4O2/c22-19-5-3-18(4-6-19)7-9-23-21(24-10-8-20-2-1-15-28-20)25-11-12-26-13-16-27-17-14-26/h1-6,15H,7-14,16-17H2,(H2,23,24,25). The number of aliphatic imine (C=N–C) groups is 1. The second-order valence-electron chi connectivity index (χ2n) is 6.74. The van der Waals surface area contributed by atoms with Crippen LogP contribution in [-0.4, -0.2) is 63.3 Å². The number of hydrogen-bond acceptors (Lipinski definition) is 4. The Morgan fingerprint density at radius 1 is 1.04 bits per heavy atom. The van der Waals surface area contributed by atoms with Gasteiger partial charge in [0.25, 0.3) is 0 Å². The molecule has 2 heterocycles. The van der Waals surface area contributed by atoms with E-state index in [-0.39, 0.29) is 0 Å². The van der Waals surface area contributed by atoms with Crippen molar-refractivity contribution in [2.75, 3.05) is 52.5 Å². The highest BCUT2D eigenvalue weighted by Crippen LogP contribution is 2.09. The monoisotopic (exact) mass is 404 g/mol. The summed E-state index contributed by atoms with van der Waals surface area (Å²) in [5.41, 5.74) is 1.25. The summed E-state index contributed by atoms with van der Waals surface area (Å²) in [4.78, 5) is 7.13. The fourth-order valence-corrected chi connectivity index (χ4v) is 3.16. The summed E-state index contributed by atoms with van der Waals surface area (Å²) in [6.07, 6.45) is 3.45. The summed E-state index contributed by atoms with van der Waals surface area (Å²) >= 11 is 5.95. The lowest BCUT2D eigenvalue weighted by atomic mass is 10.1. The van der Waals surface area contributed by atoms with E-state index >= 15 is 0 Å². The van der Waals surface area contributed by atoms with E-state index in [2.05, 4.69) is 27.7 Å². The molecule has 0 saturated carbocycles. The number of nitrogens with one attached hydrogen (secondary N) is 2. The van der Waals surface area contributed by atoms with Gasteiger partial charge in [0.2, 0.25) is 0 Å². The van der Waals surface area contributed by atoms with E-state index in [4.69, 9.17) is 25.7 Å². The second kappa shape index (κ2) is 11.7. The summed E-state index contributed by atoms with van der Waals surface area (Å²) in [5, 5.41) is 7.60. The fourth-order valence-electron chi connectivity index (χ4n) is 3.04. The lowest BCUT2D eigenvalue weighted by molar-refractivity contribution is 0.0394. The maximum Gasteiger partial charge on any atom is 0.191 e. The molecular formula is C21H29ClN4O2. The lowest BCUT2D eigenvalue weighted by Gasteiger charge is -2.25. The van der Waals surface area contributed by atoms with Gasteiger partial charge in [-0.15, -0.1) is 0 Å². The molecule has 0 aliphatic carbocycles. The number of rotatable bonds is 9. The molecule has 1 fully saturated rings. The second-order valence-corrected chi connectivity index (χ2v) is 7.18. The van der Waals surface area contributed by atoms with Crippen molar-refractivity contribution >= 4 is 17.6 Å². The minimum Gasteiger partial charge on any atom is -0.469 e. The van der Waals surface area contributed by atoms with Gasteiger partial charge in [0.05, 0.1) is 26.0 Å². The number of benzene rings is 1. The maximum absolute atomic E-state index is 5.95. The average molecular weight is 405 g/mol. The first kappa shape index (κ1) is 20.7. The quantitative estimate of drug-likeness (QED) is 0.497. The predicted molar refractivity (Wildman–Crippen MR) is 113 cm³/mol. The zero-order valence-electron chi connectivity index (χ0n) is 16.2. The molecule has 2 aromatic rings. The van der Waals surface area contributed by atoms with Gasteiger partial charge in [-0.3, -0.25) is 9.89 Å². The van der Waals surface area contributed by atoms with Crippen molar-refractivity contribution in [2.45, 2.75) is 12.8 Å². The summed E-state index contributed by atoms with van der Waals surface area (Å²) < 4.78 is 10.8. The van der Waals surface area contributed by atoms with Crippen LogP contribution in [-0.2, 0) is 17.6 Å². The summed E-state index contributed by atoms with van der Waals surface area (Å²) in [6.45, 7) is 6.91. The Morgan fingerprint density at radius 2 is 1.79 bits per heavy atom. The first-order valence-electron chi connectivity index (χ1n) is 9.89. The van der Waals surface area contributed by atoms with E-state index in [0.29, 0.717) is 0 Å². The Balaban J connectivity index is 1.45. The van der Waals surface area contributed by atoms with Crippen molar-refractivity contribution in [1.29, 1.82) is 0 Å². The summed E-state index contributed by atoms with van der Waals surface area (Å²) in [5.74, 6) is 1.81. The Bertz CT molecular complexity index is 698. The van der Waals surface area contributed by atoms with Crippen LogP contribution in [0, 0.1) is 0 Å². The molecule has 152 valence electrons. The minimum atomic E-state index is 0.761. The Kier molecular flexibility index (Phi) is 8.68. The first-order valence-corrected chi connectivity index (χ1v) is 10.3. The molecule has 1 saturated heterocycles. The van der Waals surface area contributed by atoms with Crippen LogP contribution in [0.3, 0.4) is 0 Å². The van der Waals surface area contributed by atoms with E-state index in [1.165, 1.54) is 5.56 Å². The lowest BCUT2D eigenvalue weighted by Crippen LogP contribution is -2.41. The summed E-state index contributed by atoms with van der Waals surface area (Å²) in [7, 11) is 0. The van der Waals surface area contributed by atoms with Crippen LogP contribution in [0.5, 0.6) is 0 Å². The highest BCUT2D eigenvalue weighted by atomic mass is 35.5. The third-order valence-corrected chi connectivity index (χ3v) is 4.91. The van der Waals surface area contributed by atoms with E-state index in [9.17, 15) is 0 Å². The molecule has 28 heavy (non-hydrogen) atoms. The molecule has 1 aliphatic rings. The Labute approximate surface area is 171 Å². The van der Waals surface area contributed by atoms with Crippen LogP contribution in [0.25, 0.3) is 0 Å². The van der Waals surface area contributed by atoms with Crippen LogP contribution in [0.1, 0.15) is 11.3 Å². The van der Waals surface area contributed by atoms with Gasteiger partial charge in [0.15, 0.2) is 5.96 Å². The molecule has 0 atom stereocenters. The molecule has 2 N–H and O–H groups in total. The fraction of sp³-hybridized carbons (Fsp3) is 0.476. The number of nitrogens with zero attached hydrogens (tertiary/aromatic N) is 2. The minimum absolute atomic E-state index is 0.761. The molecule has 3 rings (SSSR count). The SMILES string of the molecule is Clc1ccc(CCNC(=NCCN2CCOCC2)NCCc2ccco2)cc1. The van der Waals surface area contributed by atoms with Crippen LogP contribution < -0.4 is 10.6 Å². The molecule has 1 aromatic carbocycles. The average Bonchev–Trinajstić information content (AvgIpc) is 3.23. The normalized spacial score (nSPS) is 15.5. The van der Waals surface area contributed by atoms with E-state index in [0.717, 1.165) is 82.1 Å². The number of guanidine groups is 1. The van der Waals surface area contributed by atoms with Crippen molar-refractivity contribution in [3.05, 3.63) is 59.0 Å². The number of furan rings is 1. The number of hydrogen-bond donors (Lipinski definition) is 2. The summed E-state index contributed by atoms with van der Waals surface area (Å²) in [6, 6.07) is 11.9. The predicted octanol–water partition coefficient (Wildman–Crippen LogP) is 2.59. The molecule has 0 amide bonds. The van der Waals surface area contributed by atoms with Crippen molar-refractivity contribution in [2.24, 2.45) is 4.99 Å². The number of halogens is 1. The third-order valence-electron chi connectivity index (χ3n) is 4.65. The maximum atomic E-state index is 5.95. The van der Waals surface area contributed by atoms with Gasteiger partial charge < -0.3 is 19.8 Å². The molecule has 0 spiro atoms. The molecular weight excluding hydrogens is 376 g/mol. The van der Waals surface area contributed by atoms with Crippen molar-refractivity contribution in [3.8, 4) is 0 Å². The number of morpholine rings is 1. The number of ether oxygens (including phenoxy) is 1. The zero-order valence-corrected chi connectivity index (χ0v) is 17.0. The zero-order chi connectivity index (χ0) is 19.4. The van der Waals surface area contributed by atoms with Crippen molar-refractivity contribution in [1.82, 2.24) is 15.5 Å². The molecule has 7 heteroatoms. The Hall–Kier alpha value is -2.02. The van der Waals surface area contributed by atoms with Gasteiger partial charge in [0, 0.05) is 44.2 Å². The van der Waals surface area contributed by atoms with Crippen molar-refractivity contribution in [3.63, 3.8) is 0 Å². The van der Waals surface area contributed by atoms with Gasteiger partial charge in [-0.25, -0.2) is 0 Å². The van der Waals surface area contributed by atoms with Gasteiger partial charge in [-0.1, -0.05) is 23.7 Å². The van der Waals surface area contributed by atoms with Gasteiger partial charge in [0.1, 0.15) is 5.76 Å². The largest absolute Gasteiger partial charge is 0.469 e. The Morgan fingerprint density at radius 3 is 2.50 bits per heavy atom. The van der Waals surface area contributed by atoms with Gasteiger partial charge in [-0.2, -0.15) is 0 Å². The van der Waals surface area contributed by atoms with E-state index in [1.54, 1.807) is 6.26 Å². The van der Waals surface area contributed by atoms with Gasteiger partial charge >= 0.3 is 0 Å². The van der Waals surface area contributed by atoms with E-state index < -0.39 is 0 Å². The molecule has 6 nitrogen and oxygen atoms in total. The van der Waals surface area contributed by atoms with Crippen LogP contribution >= 0.6 is 11.6 Å². The van der Waals surface area contributed by atoms with Gasteiger partial charge in [-0.05, 0) is 36.2 Å². The highest BCUT2D eigenvalue weighted by molar-refractivity contribution is 6.30. The van der Waals surface area contributed by atoms with Crippen molar-refractivity contribution < 1.29 is 9.15 Å². The van der Waals surface area contributed by atoms with Crippen LogP contribution in [0.2, 0.25) is 5.02 Å². The van der Waals surface area contributed by atoms with Crippen LogP contribution in [0.4, 0.5) is 0 Å². The topological polar surface area (TPSA) is 62.0 Å². The van der Waals surface area contributed by atoms with Crippen LogP contribution in [0.15, 0.2) is 52.1 Å². The molecule has 0 bridgehead atoms. The smallest absolute Gasteiger partial charge is 0.191 e. The third kappa shape index (κ3) is 7.54. The molecule has 1 aliphatic heterocycles. The molecule has 0 unspecified atom stereocenters. The first-order chi connectivity index (χ1) is 13.8. The highest BCUT2D eigenvalue weighted by Gasteiger charge is 2.09.